The van der Waals surface area contributed by atoms with E-state index >= 15 is 0 Å². The molecule has 5 heteroatoms. The van der Waals surface area contributed by atoms with Crippen LogP contribution in [-0.4, -0.2) is 0 Å². The summed E-state index contributed by atoms with van der Waals surface area (Å²) in [6.07, 6.45) is 0. The van der Waals surface area contributed by atoms with E-state index in [1.54, 1.807) is 23.9 Å². The van der Waals surface area contributed by atoms with Crippen molar-refractivity contribution in [1.82, 2.24) is 4.13 Å². The molecule has 0 aromatic heterocycles. The number of benzene rings is 2. The van der Waals surface area contributed by atoms with Crippen LogP contribution in [0.3, 0.4) is 0 Å². The molecule has 1 nitrogen and oxygen atoms in total. The summed E-state index contributed by atoms with van der Waals surface area (Å²) in [6.45, 7) is 4.14. The van der Waals surface area contributed by atoms with Gasteiger partial charge in [0.2, 0.25) is 0 Å². The zero-order valence-electron chi connectivity index (χ0n) is 10.6. The Bertz CT molecular complexity index is 532. The molecule has 2 aromatic carbocycles. The zero-order valence-corrected chi connectivity index (χ0v) is 14.0. The van der Waals surface area contributed by atoms with Crippen molar-refractivity contribution in [1.29, 1.82) is 0 Å². The molecule has 0 spiro atoms. The fourth-order valence-electron chi connectivity index (χ4n) is 1.51. The second-order valence-electron chi connectivity index (χ2n) is 4.21. The van der Waals surface area contributed by atoms with Gasteiger partial charge in [0.1, 0.15) is 0 Å². The van der Waals surface area contributed by atoms with Crippen molar-refractivity contribution in [3.05, 3.63) is 47.5 Å². The molecule has 0 saturated carbocycles. The van der Waals surface area contributed by atoms with Gasteiger partial charge in [0.25, 0.3) is 0 Å². The molecule has 2 aromatic rings. The van der Waals surface area contributed by atoms with Gasteiger partial charge in [-0.25, -0.2) is 0 Å². The quantitative estimate of drug-likeness (QED) is 0.475. The molecule has 2 rings (SSSR count). The summed E-state index contributed by atoms with van der Waals surface area (Å²) in [6, 6.07) is 12.3. The standard InChI is InChI=1S/C14H15NS4/c1-9-3-5-11(16)13(7-9)18-15-19-14-8-10(2)4-6-12(14)17/h3-8,15-17H,1-2H3/p-1. The van der Waals surface area contributed by atoms with Gasteiger partial charge in [0.15, 0.2) is 0 Å². The molecule has 100 valence electrons. The van der Waals surface area contributed by atoms with Crippen LogP contribution in [-0.2, 0) is 12.6 Å². The van der Waals surface area contributed by atoms with E-state index in [0.717, 1.165) is 19.6 Å². The van der Waals surface area contributed by atoms with Crippen molar-refractivity contribution in [3.63, 3.8) is 0 Å². The Morgan fingerprint density at radius 3 is 2.26 bits per heavy atom. The maximum Gasteiger partial charge on any atom is 0.0372 e. The fraction of sp³-hybridized carbons (Fsp3) is 0.143. The van der Waals surface area contributed by atoms with Crippen LogP contribution in [0.25, 0.3) is 0 Å². The van der Waals surface area contributed by atoms with Crippen LogP contribution >= 0.6 is 36.5 Å². The first-order valence-corrected chi connectivity index (χ1v) is 8.21. The highest BCUT2D eigenvalue weighted by Gasteiger charge is 2.01. The highest BCUT2D eigenvalue weighted by atomic mass is 32.2. The summed E-state index contributed by atoms with van der Waals surface area (Å²) in [5.74, 6) is 0. The van der Waals surface area contributed by atoms with Crippen molar-refractivity contribution in [2.24, 2.45) is 0 Å². The van der Waals surface area contributed by atoms with Crippen molar-refractivity contribution in [2.75, 3.05) is 0 Å². The van der Waals surface area contributed by atoms with E-state index in [1.165, 1.54) is 11.1 Å². The average molecular weight is 325 g/mol. The molecule has 0 saturated heterocycles. The lowest BCUT2D eigenvalue weighted by Crippen LogP contribution is -1.93. The van der Waals surface area contributed by atoms with E-state index in [2.05, 4.69) is 48.8 Å². The Kier molecular flexibility index (Phi) is 5.47. The third kappa shape index (κ3) is 4.33. The Morgan fingerprint density at radius 2 is 1.53 bits per heavy atom. The van der Waals surface area contributed by atoms with Gasteiger partial charge < -0.3 is 12.6 Å². The van der Waals surface area contributed by atoms with Gasteiger partial charge in [0, 0.05) is 14.7 Å². The van der Waals surface area contributed by atoms with E-state index in [1.807, 2.05) is 18.2 Å². The zero-order chi connectivity index (χ0) is 13.8. The summed E-state index contributed by atoms with van der Waals surface area (Å²) in [5.41, 5.74) is 2.44. The van der Waals surface area contributed by atoms with E-state index in [9.17, 15) is 0 Å². The van der Waals surface area contributed by atoms with Gasteiger partial charge in [-0.05, 0) is 61.5 Å². The first-order chi connectivity index (χ1) is 9.06. The Morgan fingerprint density at radius 1 is 0.947 bits per heavy atom. The lowest BCUT2D eigenvalue weighted by atomic mass is 10.2. The third-order valence-electron chi connectivity index (χ3n) is 2.52. The molecule has 1 N–H and O–H groups in total. The fourth-order valence-corrected chi connectivity index (χ4v) is 3.75. The molecule has 0 aliphatic rings. The van der Waals surface area contributed by atoms with Gasteiger partial charge in [-0.1, -0.05) is 23.8 Å². The first kappa shape index (κ1) is 15.1. The summed E-state index contributed by atoms with van der Waals surface area (Å²) < 4.78 is 3.27. The Hall–Kier alpha value is -0.330. The number of nitrogens with one attached hydrogen (secondary N) is 1. The molecule has 0 heterocycles. The van der Waals surface area contributed by atoms with Crippen LogP contribution in [0, 0.1) is 13.8 Å². The molecular weight excluding hydrogens is 310 g/mol. The summed E-state index contributed by atoms with van der Waals surface area (Å²) in [4.78, 5) is 4.05. The highest BCUT2D eigenvalue weighted by Crippen LogP contribution is 2.29. The molecule has 0 radical (unpaired) electrons. The van der Waals surface area contributed by atoms with Crippen molar-refractivity contribution in [3.8, 4) is 0 Å². The van der Waals surface area contributed by atoms with E-state index < -0.39 is 0 Å². The lowest BCUT2D eigenvalue weighted by Gasteiger charge is -2.14. The van der Waals surface area contributed by atoms with Gasteiger partial charge in [0.05, 0.1) is 0 Å². The summed E-state index contributed by atoms with van der Waals surface area (Å²) in [7, 11) is 0. The number of aryl methyl sites for hydroxylation is 2. The number of hydrogen-bond acceptors (Lipinski definition) is 5. The summed E-state index contributed by atoms with van der Waals surface area (Å²) in [5, 5.41) is 0. The maximum absolute atomic E-state index is 5.30. The maximum atomic E-state index is 5.30. The minimum absolute atomic E-state index is 0.874. The van der Waals surface area contributed by atoms with Gasteiger partial charge >= 0.3 is 0 Å². The lowest BCUT2D eigenvalue weighted by molar-refractivity contribution is 1.20. The molecule has 0 aliphatic carbocycles. The van der Waals surface area contributed by atoms with Crippen molar-refractivity contribution in [2.45, 2.75) is 33.4 Å². The van der Waals surface area contributed by atoms with Gasteiger partial charge in [-0.15, -0.1) is 12.6 Å². The molecule has 0 bridgehead atoms. The van der Waals surface area contributed by atoms with Crippen LogP contribution in [0.15, 0.2) is 56.0 Å². The molecule has 0 unspecified atom stereocenters. The van der Waals surface area contributed by atoms with Crippen LogP contribution in [0.4, 0.5) is 0 Å². The molecule has 0 atom stereocenters. The monoisotopic (exact) mass is 324 g/mol. The van der Waals surface area contributed by atoms with Crippen LogP contribution in [0.2, 0.25) is 0 Å². The minimum Gasteiger partial charge on any atom is -0.779 e. The van der Waals surface area contributed by atoms with E-state index in [-0.39, 0.29) is 0 Å². The van der Waals surface area contributed by atoms with Crippen molar-refractivity contribution >= 4 is 49.2 Å². The second kappa shape index (κ2) is 6.90. The van der Waals surface area contributed by atoms with Gasteiger partial charge in [-0.2, -0.15) is 9.02 Å². The second-order valence-corrected chi connectivity index (χ2v) is 7.09. The van der Waals surface area contributed by atoms with Crippen LogP contribution in [0.5, 0.6) is 0 Å². The van der Waals surface area contributed by atoms with Crippen LogP contribution in [0.1, 0.15) is 11.1 Å². The SMILES string of the molecule is Cc1ccc([S-])c(SNSc2cc(C)ccc2S)c1. The Balaban J connectivity index is 2.00. The smallest absolute Gasteiger partial charge is 0.0372 e. The number of rotatable bonds is 4. The topological polar surface area (TPSA) is 12.0 Å². The Labute approximate surface area is 134 Å². The molecule has 0 aliphatic heterocycles. The molecular formula is C14H14NS4-. The normalized spacial score (nSPS) is 10.7. The predicted octanol–water partition coefficient (Wildman–Crippen LogP) is 4.80. The van der Waals surface area contributed by atoms with E-state index in [0.29, 0.717) is 0 Å². The van der Waals surface area contributed by atoms with Crippen LogP contribution < -0.4 is 4.13 Å². The molecule has 0 amide bonds. The molecule has 0 fully saturated rings. The first-order valence-electron chi connectivity index (χ1n) is 5.72. The highest BCUT2D eigenvalue weighted by molar-refractivity contribution is 8.12. The third-order valence-corrected chi connectivity index (χ3v) is 5.33. The van der Waals surface area contributed by atoms with Gasteiger partial charge in [-0.3, -0.25) is 0 Å². The predicted molar refractivity (Wildman–Crippen MR) is 90.1 cm³/mol. The number of thiol groups is 1. The minimum atomic E-state index is 0.874. The summed E-state index contributed by atoms with van der Waals surface area (Å²) >= 11 is 12.9. The number of hydrogen-bond donors (Lipinski definition) is 2. The average Bonchev–Trinajstić information content (AvgIpc) is 2.38. The molecule has 19 heavy (non-hydrogen) atoms. The van der Waals surface area contributed by atoms with E-state index in [4.69, 9.17) is 12.6 Å². The largest absolute Gasteiger partial charge is 0.779 e. The van der Waals surface area contributed by atoms with Crippen molar-refractivity contribution < 1.29 is 0 Å².